The largest absolute Gasteiger partial charge is 0.488 e. The minimum atomic E-state index is -0.848. The Kier molecular flexibility index (Phi) is 5.85. The molecule has 0 saturated carbocycles. The number of fused-ring (bicyclic) bond motifs is 3. The summed E-state index contributed by atoms with van der Waals surface area (Å²) < 4.78 is 35.7. The molecule has 10 heteroatoms. The first-order valence-electron chi connectivity index (χ1n) is 12.1. The van der Waals surface area contributed by atoms with Crippen LogP contribution in [0.5, 0.6) is 5.75 Å². The Balaban J connectivity index is 1.53. The van der Waals surface area contributed by atoms with Gasteiger partial charge in [0.1, 0.15) is 24.0 Å². The molecule has 38 heavy (non-hydrogen) atoms. The topological polar surface area (TPSA) is 109 Å². The molecule has 4 aromatic rings. The van der Waals surface area contributed by atoms with Crippen LogP contribution in [0.3, 0.4) is 0 Å². The van der Waals surface area contributed by atoms with Gasteiger partial charge in [-0.15, -0.1) is 0 Å². The van der Waals surface area contributed by atoms with Crippen molar-refractivity contribution in [2.24, 2.45) is 10.7 Å². The Labute approximate surface area is 216 Å². The smallest absolute Gasteiger partial charge is 0.341 e. The summed E-state index contributed by atoms with van der Waals surface area (Å²) >= 11 is 0. The van der Waals surface area contributed by atoms with Crippen molar-refractivity contribution in [2.45, 2.75) is 18.8 Å². The lowest BCUT2D eigenvalue weighted by molar-refractivity contribution is 0.146. The molecule has 0 unspecified atom stereocenters. The number of hydrogen-bond donors (Lipinski definition) is 3. The third-order valence-corrected chi connectivity index (χ3v) is 7.03. The molecule has 2 aliphatic rings. The number of aromatic nitrogens is 2. The van der Waals surface area contributed by atoms with Gasteiger partial charge in [0.15, 0.2) is 0 Å². The number of β-amino-alcohol motifs (C(OH)–C–C–N with tert-alkyl or cyclic N) is 1. The van der Waals surface area contributed by atoms with Crippen LogP contribution in [0.25, 0.3) is 22.7 Å². The van der Waals surface area contributed by atoms with Crippen molar-refractivity contribution in [3.8, 4) is 5.75 Å². The predicted octanol–water partition coefficient (Wildman–Crippen LogP) is 3.56. The lowest BCUT2D eigenvalue weighted by atomic mass is 9.92. The molecule has 3 heterocycles. The molecule has 2 amide bonds. The number of urea groups is 1. The number of likely N-dealkylation sites (N-methyl/N-ethyl adjacent to an activating group) is 1. The summed E-state index contributed by atoms with van der Waals surface area (Å²) in [6, 6.07) is 13.3. The zero-order valence-electron chi connectivity index (χ0n) is 20.5. The molecule has 1 aromatic heterocycles. The number of ether oxygens (including phenoxy) is 1. The number of benzene rings is 3. The number of H-pyrrole nitrogens is 1. The average Bonchev–Trinajstić information content (AvgIpc) is 3.33. The number of primary amides is 1. The first-order valence-corrected chi connectivity index (χ1v) is 12.1. The quantitative estimate of drug-likeness (QED) is 0.378. The molecule has 0 radical (unpaired) electrons. The van der Waals surface area contributed by atoms with E-state index in [0.29, 0.717) is 35.5 Å². The molecule has 2 atom stereocenters. The van der Waals surface area contributed by atoms with E-state index in [9.17, 15) is 18.7 Å². The summed E-state index contributed by atoms with van der Waals surface area (Å²) in [5, 5.41) is 10.7. The summed E-state index contributed by atoms with van der Waals surface area (Å²) in [5.74, 6) is -0.441. The number of nitrogens with one attached hydrogen (secondary N) is 1. The maximum Gasteiger partial charge on any atom is 0.341 e. The highest BCUT2D eigenvalue weighted by Gasteiger charge is 2.32. The lowest BCUT2D eigenvalue weighted by Crippen LogP contribution is -2.32. The van der Waals surface area contributed by atoms with E-state index in [4.69, 9.17) is 10.5 Å². The highest BCUT2D eigenvalue weighted by molar-refractivity contribution is 5.96. The minimum Gasteiger partial charge on any atom is -0.488 e. The van der Waals surface area contributed by atoms with Gasteiger partial charge in [-0.2, -0.15) is 4.99 Å². The van der Waals surface area contributed by atoms with Crippen LogP contribution in [0.4, 0.5) is 13.6 Å². The number of imidazole rings is 1. The van der Waals surface area contributed by atoms with E-state index in [1.807, 2.05) is 36.2 Å². The molecule has 0 aliphatic carbocycles. The van der Waals surface area contributed by atoms with Crippen molar-refractivity contribution in [2.75, 3.05) is 20.1 Å². The van der Waals surface area contributed by atoms with Crippen LogP contribution >= 0.6 is 0 Å². The van der Waals surface area contributed by atoms with E-state index in [1.54, 1.807) is 16.7 Å². The van der Waals surface area contributed by atoms with Crippen molar-refractivity contribution >= 4 is 28.7 Å². The molecular formula is C28H25F2N5O3. The van der Waals surface area contributed by atoms with E-state index in [-0.39, 0.29) is 24.1 Å². The number of aliphatic hydroxyl groups excluding tert-OH is 1. The highest BCUT2D eigenvalue weighted by Crippen LogP contribution is 2.39. The lowest BCUT2D eigenvalue weighted by Gasteiger charge is -2.16. The van der Waals surface area contributed by atoms with Gasteiger partial charge in [-0.3, -0.25) is 0 Å². The molecule has 6 rings (SSSR count). The number of amides is 2. The van der Waals surface area contributed by atoms with Crippen LogP contribution in [0.1, 0.15) is 28.3 Å². The van der Waals surface area contributed by atoms with Gasteiger partial charge in [-0.1, -0.05) is 12.1 Å². The fourth-order valence-electron chi connectivity index (χ4n) is 5.39. The van der Waals surface area contributed by atoms with E-state index in [1.165, 1.54) is 24.3 Å². The van der Waals surface area contributed by atoms with Gasteiger partial charge < -0.3 is 30.0 Å². The van der Waals surface area contributed by atoms with E-state index >= 15 is 0 Å². The number of nitrogens with two attached hydrogens (primary N) is 1. The van der Waals surface area contributed by atoms with Crippen LogP contribution in [0.15, 0.2) is 59.6 Å². The van der Waals surface area contributed by atoms with E-state index < -0.39 is 18.0 Å². The number of likely N-dealkylation sites (tertiary alicyclic amines) is 1. The number of nitrogens with zero attached hydrogens (tertiary/aromatic N) is 3. The van der Waals surface area contributed by atoms with Crippen molar-refractivity contribution in [3.05, 3.63) is 94.1 Å². The van der Waals surface area contributed by atoms with Gasteiger partial charge in [0.25, 0.3) is 0 Å². The summed E-state index contributed by atoms with van der Waals surface area (Å²) in [4.78, 5) is 20.8. The molecule has 8 nitrogen and oxygen atoms in total. The Bertz CT molecular complexity index is 1630. The van der Waals surface area contributed by atoms with Crippen LogP contribution in [-0.2, 0) is 6.61 Å². The first kappa shape index (κ1) is 24.1. The fraction of sp³-hybridized carbons (Fsp3) is 0.214. The second-order valence-corrected chi connectivity index (χ2v) is 9.69. The van der Waals surface area contributed by atoms with Gasteiger partial charge in [0.2, 0.25) is 5.62 Å². The van der Waals surface area contributed by atoms with Crippen LogP contribution in [0, 0.1) is 11.6 Å². The molecule has 0 spiro atoms. The number of aromatic amines is 1. The van der Waals surface area contributed by atoms with Crippen molar-refractivity contribution < 1.29 is 23.4 Å². The minimum absolute atomic E-state index is 0.104. The zero-order chi connectivity index (χ0) is 26.6. The van der Waals surface area contributed by atoms with E-state index in [0.717, 1.165) is 22.2 Å². The number of carbonyl (C=O) groups is 1. The van der Waals surface area contributed by atoms with Gasteiger partial charge >= 0.3 is 6.03 Å². The Morgan fingerprint density at radius 2 is 1.87 bits per heavy atom. The average molecular weight is 518 g/mol. The molecular weight excluding hydrogens is 492 g/mol. The Morgan fingerprint density at radius 3 is 2.61 bits per heavy atom. The number of aliphatic hydroxyl groups is 1. The molecule has 194 valence electrons. The third kappa shape index (κ3) is 4.27. The second-order valence-electron chi connectivity index (χ2n) is 9.69. The van der Waals surface area contributed by atoms with Crippen molar-refractivity contribution in [3.63, 3.8) is 0 Å². The Hall–Kier alpha value is -4.28. The molecule has 2 aliphatic heterocycles. The van der Waals surface area contributed by atoms with Crippen LogP contribution in [0.2, 0.25) is 0 Å². The predicted molar refractivity (Wildman–Crippen MR) is 138 cm³/mol. The number of halogens is 2. The maximum absolute atomic E-state index is 14.1. The monoisotopic (exact) mass is 517 g/mol. The normalized spacial score (nSPS) is 20.8. The second kappa shape index (κ2) is 9.23. The van der Waals surface area contributed by atoms with E-state index in [2.05, 4.69) is 9.98 Å². The molecule has 1 saturated heterocycles. The summed E-state index contributed by atoms with van der Waals surface area (Å²) in [6.07, 6.45) is 1.28. The standard InChI is InChI=1S/C28H25F2N5O3/c1-34-12-24(25(36)13-34)35-23-7-2-15(9-22(23)32-28(35)33-27(31)37)8-21-19-5-3-17(29)10-16(19)14-38-26-11-18(30)4-6-20(21)26/h2-11,24-25,36H,12-14H2,1H3,(H3,31,32,33,37)/b21-8+/t24-,25-/m0/s1. The Morgan fingerprint density at radius 1 is 1.11 bits per heavy atom. The number of carbonyl (C=O) groups excluding carboxylic acids is 1. The summed E-state index contributed by atoms with van der Waals surface area (Å²) in [6.45, 7) is 1.17. The molecule has 4 N–H and O–H groups in total. The SMILES string of the molecule is CN1C[C@H](O)[C@@H](n2/c(=N/C(N)=O)[nH]c3cc(/C=C4\c5ccc(F)cc5COc5cc(F)ccc54)ccc32)C1. The van der Waals surface area contributed by atoms with Crippen LogP contribution in [-0.4, -0.2) is 51.8 Å². The highest BCUT2D eigenvalue weighted by atomic mass is 19.1. The molecule has 3 aromatic carbocycles. The third-order valence-electron chi connectivity index (χ3n) is 7.03. The van der Waals surface area contributed by atoms with Crippen molar-refractivity contribution in [1.29, 1.82) is 0 Å². The van der Waals surface area contributed by atoms with Crippen molar-refractivity contribution in [1.82, 2.24) is 14.5 Å². The fourth-order valence-corrected chi connectivity index (χ4v) is 5.39. The van der Waals surface area contributed by atoms with Gasteiger partial charge in [0, 0.05) is 30.3 Å². The number of rotatable bonds is 2. The molecule has 1 fully saturated rings. The maximum atomic E-state index is 14.1. The summed E-state index contributed by atoms with van der Waals surface area (Å²) in [7, 11) is 1.91. The van der Waals surface area contributed by atoms with Gasteiger partial charge in [-0.25, -0.2) is 13.6 Å². The first-order chi connectivity index (χ1) is 18.3. The summed E-state index contributed by atoms with van der Waals surface area (Å²) in [5.41, 5.74) is 10.7. The van der Waals surface area contributed by atoms with Crippen LogP contribution < -0.4 is 16.1 Å². The number of hydrogen-bond acceptors (Lipinski definition) is 4. The van der Waals surface area contributed by atoms with Gasteiger partial charge in [0.05, 0.1) is 23.2 Å². The molecule has 0 bridgehead atoms. The zero-order valence-corrected chi connectivity index (χ0v) is 20.5. The van der Waals surface area contributed by atoms with Gasteiger partial charge in [-0.05, 0) is 66.2 Å².